The zero-order valence-corrected chi connectivity index (χ0v) is 11.3. The van der Waals surface area contributed by atoms with Crippen LogP contribution in [0.15, 0.2) is 30.3 Å². The van der Waals surface area contributed by atoms with Gasteiger partial charge in [-0.1, -0.05) is 60.1 Å². The van der Waals surface area contributed by atoms with Gasteiger partial charge in [0, 0.05) is 11.2 Å². The van der Waals surface area contributed by atoms with Gasteiger partial charge in [0.25, 0.3) is 0 Å². The molecule has 2 nitrogen and oxygen atoms in total. The van der Waals surface area contributed by atoms with E-state index in [2.05, 4.69) is 21.2 Å². The van der Waals surface area contributed by atoms with E-state index < -0.39 is 0 Å². The Hall–Kier alpha value is -0.830. The van der Waals surface area contributed by atoms with Crippen molar-refractivity contribution in [1.82, 2.24) is 5.32 Å². The Bertz CT molecular complexity index is 326. The average molecular weight is 284 g/mol. The number of benzene rings is 1. The van der Waals surface area contributed by atoms with Crippen LogP contribution in [0.3, 0.4) is 0 Å². The topological polar surface area (TPSA) is 29.1 Å². The summed E-state index contributed by atoms with van der Waals surface area (Å²) in [7, 11) is 0. The quantitative estimate of drug-likeness (QED) is 0.826. The second-order valence-corrected chi connectivity index (χ2v) is 4.58. The zero-order chi connectivity index (χ0) is 12.0. The molecule has 3 heteroatoms. The molecule has 0 aliphatic carbocycles. The summed E-state index contributed by atoms with van der Waals surface area (Å²) in [5.41, 5.74) is 1.14. The third kappa shape index (κ3) is 3.63. The number of amides is 1. The van der Waals surface area contributed by atoms with Crippen LogP contribution in [0, 0.1) is 5.92 Å². The van der Waals surface area contributed by atoms with Crippen LogP contribution in [0.1, 0.15) is 31.9 Å². The van der Waals surface area contributed by atoms with Crippen LogP contribution in [0.25, 0.3) is 0 Å². The van der Waals surface area contributed by atoms with Gasteiger partial charge in [-0.05, 0) is 12.0 Å². The van der Waals surface area contributed by atoms with Gasteiger partial charge >= 0.3 is 0 Å². The van der Waals surface area contributed by atoms with Crippen LogP contribution in [-0.4, -0.2) is 11.2 Å². The fourth-order valence-corrected chi connectivity index (χ4v) is 1.93. The monoisotopic (exact) mass is 283 g/mol. The predicted octanol–water partition coefficient (Wildman–Crippen LogP) is 3.28. The lowest BCUT2D eigenvalue weighted by Crippen LogP contribution is -2.33. The van der Waals surface area contributed by atoms with Gasteiger partial charge < -0.3 is 5.32 Å². The number of alkyl halides is 1. The number of hydrogen-bond acceptors (Lipinski definition) is 1. The Labute approximate surface area is 106 Å². The summed E-state index contributed by atoms with van der Waals surface area (Å²) in [6, 6.07) is 10.1. The van der Waals surface area contributed by atoms with Gasteiger partial charge in [-0.15, -0.1) is 0 Å². The lowest BCUT2D eigenvalue weighted by atomic mass is 10.1. The van der Waals surface area contributed by atoms with Crippen molar-refractivity contribution in [2.24, 2.45) is 5.92 Å². The van der Waals surface area contributed by atoms with Gasteiger partial charge in [0.2, 0.25) is 5.91 Å². The molecule has 1 aromatic carbocycles. The highest BCUT2D eigenvalue weighted by Crippen LogP contribution is 2.16. The van der Waals surface area contributed by atoms with Crippen molar-refractivity contribution < 1.29 is 4.79 Å². The number of carbonyl (C=O) groups excluding carboxylic acids is 1. The van der Waals surface area contributed by atoms with Crippen LogP contribution in [-0.2, 0) is 4.79 Å². The van der Waals surface area contributed by atoms with Crippen molar-refractivity contribution in [2.45, 2.75) is 26.3 Å². The molecule has 0 aliphatic heterocycles. The standard InChI is InChI=1S/C13H18BrNO/c1-3-10(2)13(16)15-12(9-14)11-7-5-4-6-8-11/h4-8,10,12H,3,9H2,1-2H3,(H,15,16). The molecule has 88 valence electrons. The minimum absolute atomic E-state index is 0.0581. The smallest absolute Gasteiger partial charge is 0.223 e. The highest BCUT2D eigenvalue weighted by molar-refractivity contribution is 9.09. The molecule has 16 heavy (non-hydrogen) atoms. The third-order valence-corrected chi connectivity index (χ3v) is 3.38. The minimum Gasteiger partial charge on any atom is -0.348 e. The van der Waals surface area contributed by atoms with Crippen molar-refractivity contribution in [1.29, 1.82) is 0 Å². The second-order valence-electron chi connectivity index (χ2n) is 3.94. The molecule has 2 unspecified atom stereocenters. The highest BCUT2D eigenvalue weighted by atomic mass is 79.9. The maximum atomic E-state index is 11.8. The fourth-order valence-electron chi connectivity index (χ4n) is 1.40. The van der Waals surface area contributed by atoms with Crippen molar-refractivity contribution in [2.75, 3.05) is 5.33 Å². The number of nitrogens with one attached hydrogen (secondary N) is 1. The molecule has 0 aliphatic rings. The van der Waals surface area contributed by atoms with Gasteiger partial charge in [0.1, 0.15) is 0 Å². The summed E-state index contributed by atoms with van der Waals surface area (Å²) in [4.78, 5) is 11.8. The molecule has 0 bridgehead atoms. The van der Waals surface area contributed by atoms with E-state index in [0.29, 0.717) is 0 Å². The molecule has 1 amide bonds. The number of halogens is 1. The van der Waals surface area contributed by atoms with E-state index in [4.69, 9.17) is 0 Å². The van der Waals surface area contributed by atoms with Crippen molar-refractivity contribution >= 4 is 21.8 Å². The molecule has 0 fully saturated rings. The van der Waals surface area contributed by atoms with Gasteiger partial charge in [0.05, 0.1) is 6.04 Å². The fraction of sp³-hybridized carbons (Fsp3) is 0.462. The maximum absolute atomic E-state index is 11.8. The first kappa shape index (κ1) is 13.2. The molecule has 0 radical (unpaired) electrons. The third-order valence-electron chi connectivity index (χ3n) is 2.73. The predicted molar refractivity (Wildman–Crippen MR) is 70.6 cm³/mol. The van der Waals surface area contributed by atoms with Gasteiger partial charge in [-0.2, -0.15) is 0 Å². The molecule has 1 rings (SSSR count). The van der Waals surface area contributed by atoms with Crippen LogP contribution in [0.5, 0.6) is 0 Å². The van der Waals surface area contributed by atoms with E-state index in [1.165, 1.54) is 0 Å². The van der Waals surface area contributed by atoms with Crippen LogP contribution < -0.4 is 5.32 Å². The Morgan fingerprint density at radius 2 is 2.00 bits per heavy atom. The largest absolute Gasteiger partial charge is 0.348 e. The van der Waals surface area contributed by atoms with Crippen molar-refractivity contribution in [3.05, 3.63) is 35.9 Å². The minimum atomic E-state index is 0.0581. The zero-order valence-electron chi connectivity index (χ0n) is 9.74. The van der Waals surface area contributed by atoms with Crippen LogP contribution in [0.2, 0.25) is 0 Å². The molecule has 1 N–H and O–H groups in total. The lowest BCUT2D eigenvalue weighted by Gasteiger charge is -2.19. The highest BCUT2D eigenvalue weighted by Gasteiger charge is 2.16. The van der Waals surface area contributed by atoms with E-state index in [0.717, 1.165) is 17.3 Å². The molecule has 0 spiro atoms. The molecule has 1 aromatic rings. The Morgan fingerprint density at radius 1 is 1.38 bits per heavy atom. The summed E-state index contributed by atoms with van der Waals surface area (Å²) >= 11 is 3.44. The first-order valence-corrected chi connectivity index (χ1v) is 6.72. The average Bonchev–Trinajstić information content (AvgIpc) is 2.35. The molecule has 0 aromatic heterocycles. The summed E-state index contributed by atoms with van der Waals surface area (Å²) in [5.74, 6) is 0.195. The Kier molecular flexibility index (Phi) is 5.53. The molecule has 0 saturated heterocycles. The summed E-state index contributed by atoms with van der Waals surface area (Å²) < 4.78 is 0. The molecular formula is C13H18BrNO. The summed E-state index contributed by atoms with van der Waals surface area (Å²) in [6.07, 6.45) is 0.871. The first-order valence-electron chi connectivity index (χ1n) is 5.60. The van der Waals surface area contributed by atoms with E-state index in [9.17, 15) is 4.79 Å². The molecule has 2 atom stereocenters. The van der Waals surface area contributed by atoms with E-state index in [1.54, 1.807) is 0 Å². The number of hydrogen-bond donors (Lipinski definition) is 1. The Balaban J connectivity index is 2.66. The van der Waals surface area contributed by atoms with E-state index in [-0.39, 0.29) is 17.9 Å². The SMILES string of the molecule is CCC(C)C(=O)NC(CBr)c1ccccc1. The second kappa shape index (κ2) is 6.69. The van der Waals surface area contributed by atoms with E-state index >= 15 is 0 Å². The van der Waals surface area contributed by atoms with Crippen LogP contribution in [0.4, 0.5) is 0 Å². The van der Waals surface area contributed by atoms with Gasteiger partial charge in [-0.25, -0.2) is 0 Å². The normalized spacial score (nSPS) is 14.2. The molecule has 0 heterocycles. The van der Waals surface area contributed by atoms with E-state index in [1.807, 2.05) is 44.2 Å². The Morgan fingerprint density at radius 3 is 2.50 bits per heavy atom. The first-order chi connectivity index (χ1) is 7.69. The van der Waals surface area contributed by atoms with Gasteiger partial charge in [0.15, 0.2) is 0 Å². The van der Waals surface area contributed by atoms with Crippen molar-refractivity contribution in [3.8, 4) is 0 Å². The lowest BCUT2D eigenvalue weighted by molar-refractivity contribution is -0.125. The number of rotatable bonds is 5. The molecular weight excluding hydrogens is 266 g/mol. The van der Waals surface area contributed by atoms with Gasteiger partial charge in [-0.3, -0.25) is 4.79 Å². The maximum Gasteiger partial charge on any atom is 0.223 e. The van der Waals surface area contributed by atoms with Crippen LogP contribution >= 0.6 is 15.9 Å². The summed E-state index contributed by atoms with van der Waals surface area (Å²) in [6.45, 7) is 3.97. The summed E-state index contributed by atoms with van der Waals surface area (Å²) in [5, 5.41) is 3.78. The molecule has 0 saturated carbocycles. The van der Waals surface area contributed by atoms with Crippen molar-refractivity contribution in [3.63, 3.8) is 0 Å². The number of carbonyl (C=O) groups is 1.